The minimum Gasteiger partial charge on any atom is -0.416 e. The Balaban J connectivity index is 1.84. The van der Waals surface area contributed by atoms with E-state index < -0.39 is 0 Å². The monoisotopic (exact) mass is 271 g/mol. The van der Waals surface area contributed by atoms with E-state index in [9.17, 15) is 0 Å². The standard InChI is InChI=1S/C9H13N5OS2/c1-3-4-10-8-13-12-7(17-8)5-16-9-14-11-6(2)15-9/h3-5H2,1-2H3,(H,10,13). The van der Waals surface area contributed by atoms with Crippen molar-refractivity contribution in [1.82, 2.24) is 20.4 Å². The minimum atomic E-state index is 0.570. The summed E-state index contributed by atoms with van der Waals surface area (Å²) < 4.78 is 5.26. The second kappa shape index (κ2) is 5.97. The molecule has 2 rings (SSSR count). The van der Waals surface area contributed by atoms with E-state index >= 15 is 0 Å². The van der Waals surface area contributed by atoms with Crippen molar-refractivity contribution in [2.45, 2.75) is 31.2 Å². The van der Waals surface area contributed by atoms with Crippen molar-refractivity contribution in [3.8, 4) is 0 Å². The Kier molecular flexibility index (Phi) is 4.32. The molecule has 6 nitrogen and oxygen atoms in total. The van der Waals surface area contributed by atoms with Gasteiger partial charge in [0.1, 0.15) is 5.01 Å². The number of hydrogen-bond acceptors (Lipinski definition) is 8. The molecule has 0 fully saturated rings. The summed E-state index contributed by atoms with van der Waals surface area (Å²) in [5, 5.41) is 21.4. The highest BCUT2D eigenvalue weighted by Crippen LogP contribution is 2.24. The van der Waals surface area contributed by atoms with Gasteiger partial charge in [0.05, 0.1) is 5.75 Å². The number of nitrogens with zero attached hydrogens (tertiary/aromatic N) is 4. The number of hydrogen-bond donors (Lipinski definition) is 1. The van der Waals surface area contributed by atoms with E-state index in [1.54, 1.807) is 18.3 Å². The topological polar surface area (TPSA) is 76.7 Å². The lowest BCUT2D eigenvalue weighted by atomic mass is 10.5. The summed E-state index contributed by atoms with van der Waals surface area (Å²) in [6.07, 6.45) is 1.07. The molecule has 0 bridgehead atoms. The first kappa shape index (κ1) is 12.3. The number of anilines is 1. The lowest BCUT2D eigenvalue weighted by Gasteiger charge is -1.95. The van der Waals surface area contributed by atoms with Crippen molar-refractivity contribution in [2.75, 3.05) is 11.9 Å². The summed E-state index contributed by atoms with van der Waals surface area (Å²) in [6.45, 7) is 4.81. The van der Waals surface area contributed by atoms with Crippen molar-refractivity contribution in [1.29, 1.82) is 0 Å². The zero-order chi connectivity index (χ0) is 12.1. The normalized spacial score (nSPS) is 10.7. The summed E-state index contributed by atoms with van der Waals surface area (Å²) in [5.74, 6) is 1.28. The van der Waals surface area contributed by atoms with Gasteiger partial charge in [-0.2, -0.15) is 0 Å². The fourth-order valence-electron chi connectivity index (χ4n) is 1.08. The Morgan fingerprint density at radius 1 is 1.29 bits per heavy atom. The molecule has 0 saturated carbocycles. The van der Waals surface area contributed by atoms with Gasteiger partial charge in [0.2, 0.25) is 11.0 Å². The van der Waals surface area contributed by atoms with Gasteiger partial charge in [0.25, 0.3) is 5.22 Å². The molecule has 0 aliphatic rings. The third kappa shape index (κ3) is 3.67. The number of thioether (sulfide) groups is 1. The zero-order valence-corrected chi connectivity index (χ0v) is 11.3. The van der Waals surface area contributed by atoms with Crippen LogP contribution < -0.4 is 5.32 Å². The fourth-order valence-corrected chi connectivity index (χ4v) is 2.63. The molecule has 8 heteroatoms. The van der Waals surface area contributed by atoms with Crippen LogP contribution in [0.5, 0.6) is 0 Å². The second-order valence-corrected chi connectivity index (χ2v) is 5.29. The molecule has 0 saturated heterocycles. The van der Waals surface area contributed by atoms with Crippen LogP contribution in [0.4, 0.5) is 5.13 Å². The van der Waals surface area contributed by atoms with E-state index in [-0.39, 0.29) is 0 Å². The van der Waals surface area contributed by atoms with E-state index in [4.69, 9.17) is 4.42 Å². The molecule has 0 atom stereocenters. The van der Waals surface area contributed by atoms with E-state index in [1.165, 1.54) is 11.8 Å². The molecule has 92 valence electrons. The van der Waals surface area contributed by atoms with Crippen LogP contribution in [-0.4, -0.2) is 26.9 Å². The average Bonchev–Trinajstić information content (AvgIpc) is 2.93. The van der Waals surface area contributed by atoms with Crippen molar-refractivity contribution in [3.05, 3.63) is 10.9 Å². The van der Waals surface area contributed by atoms with E-state index in [2.05, 4.69) is 32.6 Å². The Hall–Kier alpha value is -1.15. The Morgan fingerprint density at radius 3 is 2.88 bits per heavy atom. The second-order valence-electron chi connectivity index (χ2n) is 3.30. The summed E-state index contributed by atoms with van der Waals surface area (Å²) >= 11 is 3.03. The van der Waals surface area contributed by atoms with Crippen LogP contribution in [0.25, 0.3) is 0 Å². The van der Waals surface area contributed by atoms with Gasteiger partial charge in [-0.1, -0.05) is 30.0 Å². The molecule has 2 aromatic heterocycles. The maximum absolute atomic E-state index is 5.26. The summed E-state index contributed by atoms with van der Waals surface area (Å²) in [6, 6.07) is 0. The first-order valence-corrected chi connectivity index (χ1v) is 7.07. The molecule has 0 aromatic carbocycles. The van der Waals surface area contributed by atoms with Gasteiger partial charge in [-0.05, 0) is 6.42 Å². The van der Waals surface area contributed by atoms with E-state index in [1.807, 2.05) is 0 Å². The van der Waals surface area contributed by atoms with E-state index in [0.717, 1.165) is 23.1 Å². The van der Waals surface area contributed by atoms with Gasteiger partial charge in [-0.3, -0.25) is 0 Å². The molecule has 1 N–H and O–H groups in total. The molecule has 0 amide bonds. The van der Waals surface area contributed by atoms with Gasteiger partial charge < -0.3 is 9.73 Å². The van der Waals surface area contributed by atoms with Crippen LogP contribution in [0.3, 0.4) is 0 Å². The number of aryl methyl sites for hydroxylation is 1. The Labute approximate surface area is 107 Å². The van der Waals surface area contributed by atoms with Crippen LogP contribution >= 0.6 is 23.1 Å². The SMILES string of the molecule is CCCNc1nnc(CSc2nnc(C)o2)s1. The molecule has 17 heavy (non-hydrogen) atoms. The molecule has 0 radical (unpaired) electrons. The molecular weight excluding hydrogens is 258 g/mol. The van der Waals surface area contributed by atoms with Gasteiger partial charge in [0.15, 0.2) is 0 Å². The summed E-state index contributed by atoms with van der Waals surface area (Å²) in [5.41, 5.74) is 0. The van der Waals surface area contributed by atoms with Gasteiger partial charge in [0, 0.05) is 13.5 Å². The van der Waals surface area contributed by atoms with E-state index in [0.29, 0.717) is 16.9 Å². The first-order valence-electron chi connectivity index (χ1n) is 5.27. The lowest BCUT2D eigenvalue weighted by molar-refractivity contribution is 0.429. The quantitative estimate of drug-likeness (QED) is 0.808. The maximum atomic E-state index is 5.26. The average molecular weight is 271 g/mol. The van der Waals surface area contributed by atoms with Gasteiger partial charge >= 0.3 is 0 Å². The number of nitrogens with one attached hydrogen (secondary N) is 1. The van der Waals surface area contributed by atoms with Crippen molar-refractivity contribution in [3.63, 3.8) is 0 Å². The smallest absolute Gasteiger partial charge is 0.276 e. The first-order chi connectivity index (χ1) is 8.28. The maximum Gasteiger partial charge on any atom is 0.276 e. The largest absolute Gasteiger partial charge is 0.416 e. The highest BCUT2D eigenvalue weighted by molar-refractivity contribution is 7.98. The van der Waals surface area contributed by atoms with Crippen molar-refractivity contribution in [2.24, 2.45) is 0 Å². The van der Waals surface area contributed by atoms with Crippen LogP contribution in [0.2, 0.25) is 0 Å². The van der Waals surface area contributed by atoms with Crippen LogP contribution in [0.1, 0.15) is 24.2 Å². The van der Waals surface area contributed by atoms with Crippen molar-refractivity contribution < 1.29 is 4.42 Å². The third-order valence-corrected chi connectivity index (χ3v) is 3.71. The fraction of sp³-hybridized carbons (Fsp3) is 0.556. The van der Waals surface area contributed by atoms with Crippen molar-refractivity contribution >= 4 is 28.2 Å². The van der Waals surface area contributed by atoms with Crippen LogP contribution in [0, 0.1) is 6.92 Å². The molecule has 0 aliphatic carbocycles. The summed E-state index contributed by atoms with van der Waals surface area (Å²) in [7, 11) is 0. The predicted molar refractivity (Wildman–Crippen MR) is 67.3 cm³/mol. The molecular formula is C9H13N5OS2. The molecule has 2 heterocycles. The van der Waals surface area contributed by atoms with Gasteiger partial charge in [-0.15, -0.1) is 20.4 Å². The Bertz CT molecular complexity index is 469. The third-order valence-electron chi connectivity index (χ3n) is 1.82. The summed E-state index contributed by atoms with van der Waals surface area (Å²) in [4.78, 5) is 0. The molecule has 2 aromatic rings. The van der Waals surface area contributed by atoms with Gasteiger partial charge in [-0.25, -0.2) is 0 Å². The minimum absolute atomic E-state index is 0.570. The molecule has 0 aliphatic heterocycles. The predicted octanol–water partition coefficient (Wildman–Crippen LogP) is 2.34. The zero-order valence-electron chi connectivity index (χ0n) is 9.63. The highest BCUT2D eigenvalue weighted by atomic mass is 32.2. The molecule has 0 unspecified atom stereocenters. The lowest BCUT2D eigenvalue weighted by Crippen LogP contribution is -1.98. The van der Waals surface area contributed by atoms with Crippen LogP contribution in [0.15, 0.2) is 9.64 Å². The number of aromatic nitrogens is 4. The number of rotatable bonds is 6. The van der Waals surface area contributed by atoms with Crippen LogP contribution in [-0.2, 0) is 5.75 Å². The molecule has 0 spiro atoms. The highest BCUT2D eigenvalue weighted by Gasteiger charge is 2.07. The Morgan fingerprint density at radius 2 is 2.18 bits per heavy atom.